The number of benzene rings is 2. The van der Waals surface area contributed by atoms with E-state index in [4.69, 9.17) is 0 Å². The van der Waals surface area contributed by atoms with Crippen molar-refractivity contribution in [3.05, 3.63) is 77.5 Å². The van der Waals surface area contributed by atoms with Crippen molar-refractivity contribution in [3.63, 3.8) is 0 Å². The molecule has 0 saturated heterocycles. The number of carbonyl (C=O) groups excluding carboxylic acids is 1. The Morgan fingerprint density at radius 2 is 1.69 bits per heavy atom. The van der Waals surface area contributed by atoms with Gasteiger partial charge in [-0.1, -0.05) is 82.0 Å². The third-order valence-electron chi connectivity index (χ3n) is 5.97. The third kappa shape index (κ3) is 6.06. The lowest BCUT2D eigenvalue weighted by Gasteiger charge is -2.17. The van der Waals surface area contributed by atoms with Crippen LogP contribution in [-0.4, -0.2) is 10.9 Å². The molecule has 0 spiro atoms. The monoisotopic (exact) mass is 428 g/mol. The second-order valence-corrected chi connectivity index (χ2v) is 8.51. The van der Waals surface area contributed by atoms with E-state index in [-0.39, 0.29) is 5.91 Å². The predicted molar refractivity (Wildman–Crippen MR) is 137 cm³/mol. The van der Waals surface area contributed by atoms with Gasteiger partial charge in [0.1, 0.15) is 0 Å². The van der Waals surface area contributed by atoms with Crippen molar-refractivity contribution in [2.75, 3.05) is 5.32 Å². The van der Waals surface area contributed by atoms with Crippen LogP contribution in [0.25, 0.3) is 16.5 Å². The summed E-state index contributed by atoms with van der Waals surface area (Å²) in [5, 5.41) is 4.17. The number of pyridine rings is 1. The number of amides is 1. The lowest BCUT2D eigenvalue weighted by Crippen LogP contribution is -2.16. The Balaban J connectivity index is 1.94. The van der Waals surface area contributed by atoms with Gasteiger partial charge in [0, 0.05) is 11.6 Å². The molecule has 0 radical (unpaired) electrons. The van der Waals surface area contributed by atoms with Crippen LogP contribution in [0.3, 0.4) is 0 Å². The van der Waals surface area contributed by atoms with Gasteiger partial charge in [-0.25, -0.2) is 0 Å². The Bertz CT molecular complexity index is 1060. The molecule has 0 fully saturated rings. The molecule has 1 N–H and O–H groups in total. The molecule has 3 rings (SSSR count). The van der Waals surface area contributed by atoms with E-state index in [2.05, 4.69) is 42.4 Å². The second-order valence-electron chi connectivity index (χ2n) is 8.51. The zero-order chi connectivity index (χ0) is 22.8. The predicted octanol–water partition coefficient (Wildman–Crippen LogP) is 8.34. The molecule has 0 unspecified atom stereocenters. The van der Waals surface area contributed by atoms with Crippen LogP contribution < -0.4 is 5.32 Å². The van der Waals surface area contributed by atoms with Gasteiger partial charge in [0.15, 0.2) is 0 Å². The summed E-state index contributed by atoms with van der Waals surface area (Å²) in [6.07, 6.45) is 13.4. The lowest BCUT2D eigenvalue weighted by molar-refractivity contribution is 0.102. The van der Waals surface area contributed by atoms with Crippen molar-refractivity contribution in [1.82, 2.24) is 4.98 Å². The molecule has 3 aromatic rings. The Labute approximate surface area is 193 Å². The van der Waals surface area contributed by atoms with E-state index in [9.17, 15) is 4.79 Å². The van der Waals surface area contributed by atoms with Gasteiger partial charge < -0.3 is 5.32 Å². The number of para-hydroxylation sites is 1. The molecule has 0 aliphatic carbocycles. The maximum Gasteiger partial charge on any atom is 0.256 e. The zero-order valence-corrected chi connectivity index (χ0v) is 19.8. The standard InChI is InChI=1S/C29H36N2O/c1-4-6-8-10-16-23(15-9-7-5-2)25-19-11-14-22(3)27(25)29(32)31-26-20-12-17-24-18-13-21-30-28(24)26/h11-14,16-21H,4-10,15H2,1-3H3,(H,31,32)/b23-16+. The van der Waals surface area contributed by atoms with Crippen molar-refractivity contribution in [1.29, 1.82) is 0 Å². The average Bonchev–Trinajstić information content (AvgIpc) is 2.80. The van der Waals surface area contributed by atoms with Gasteiger partial charge in [0.25, 0.3) is 5.91 Å². The fraction of sp³-hybridized carbons (Fsp3) is 0.379. The maximum atomic E-state index is 13.5. The van der Waals surface area contributed by atoms with Crippen molar-refractivity contribution in [2.24, 2.45) is 0 Å². The van der Waals surface area contributed by atoms with Crippen LogP contribution in [0, 0.1) is 6.92 Å². The van der Waals surface area contributed by atoms with E-state index in [1.165, 1.54) is 37.7 Å². The second kappa shape index (κ2) is 12.2. The highest BCUT2D eigenvalue weighted by Gasteiger charge is 2.18. The number of nitrogens with zero attached hydrogens (tertiary/aromatic N) is 1. The van der Waals surface area contributed by atoms with Crippen LogP contribution in [0.4, 0.5) is 5.69 Å². The van der Waals surface area contributed by atoms with Crippen LogP contribution in [0.1, 0.15) is 86.7 Å². The Morgan fingerprint density at radius 1 is 0.938 bits per heavy atom. The molecule has 0 saturated carbocycles. The van der Waals surface area contributed by atoms with Crippen molar-refractivity contribution >= 4 is 28.1 Å². The number of hydrogen-bond donors (Lipinski definition) is 1. The number of hydrogen-bond acceptors (Lipinski definition) is 2. The molecule has 3 heteroatoms. The molecule has 1 amide bonds. The van der Waals surface area contributed by atoms with Crippen LogP contribution in [-0.2, 0) is 0 Å². The average molecular weight is 429 g/mol. The molecule has 3 nitrogen and oxygen atoms in total. The van der Waals surface area contributed by atoms with Gasteiger partial charge >= 0.3 is 0 Å². The van der Waals surface area contributed by atoms with Crippen LogP contribution in [0.15, 0.2) is 60.8 Å². The van der Waals surface area contributed by atoms with Gasteiger partial charge in [0.05, 0.1) is 16.8 Å². The summed E-state index contributed by atoms with van der Waals surface area (Å²) in [5.74, 6) is -0.0637. The SMILES string of the molecule is CCCCC/C=C(\CCCCC)c1cccc(C)c1C(=O)Nc1cccc2cccnc12. The number of fused-ring (bicyclic) bond motifs is 1. The minimum absolute atomic E-state index is 0.0637. The number of rotatable bonds is 11. The number of allylic oxidation sites excluding steroid dienone is 2. The fourth-order valence-electron chi connectivity index (χ4n) is 4.21. The van der Waals surface area contributed by atoms with E-state index >= 15 is 0 Å². The number of anilines is 1. The van der Waals surface area contributed by atoms with Crippen molar-refractivity contribution in [3.8, 4) is 0 Å². The molecule has 168 valence electrons. The van der Waals surface area contributed by atoms with E-state index in [0.717, 1.165) is 52.5 Å². The molecule has 0 aliphatic heterocycles. The van der Waals surface area contributed by atoms with E-state index in [1.54, 1.807) is 6.20 Å². The van der Waals surface area contributed by atoms with Crippen molar-refractivity contribution in [2.45, 2.75) is 72.1 Å². The topological polar surface area (TPSA) is 42.0 Å². The summed E-state index contributed by atoms with van der Waals surface area (Å²) < 4.78 is 0. The van der Waals surface area contributed by atoms with Crippen LogP contribution >= 0.6 is 0 Å². The number of unbranched alkanes of at least 4 members (excludes halogenated alkanes) is 5. The number of nitrogens with one attached hydrogen (secondary N) is 1. The first kappa shape index (κ1) is 23.7. The highest BCUT2D eigenvalue weighted by molar-refractivity contribution is 6.11. The molecule has 2 aromatic carbocycles. The van der Waals surface area contributed by atoms with Gasteiger partial charge in [0.2, 0.25) is 0 Å². The Kier molecular flexibility index (Phi) is 9.03. The number of aryl methyl sites for hydroxylation is 1. The maximum absolute atomic E-state index is 13.5. The Morgan fingerprint density at radius 3 is 2.50 bits per heavy atom. The number of aromatic nitrogens is 1. The van der Waals surface area contributed by atoms with Crippen molar-refractivity contribution < 1.29 is 4.79 Å². The molecule has 1 heterocycles. The molecule has 1 aromatic heterocycles. The van der Waals surface area contributed by atoms with Gasteiger partial charge in [-0.3, -0.25) is 9.78 Å². The van der Waals surface area contributed by atoms with Crippen LogP contribution in [0.2, 0.25) is 0 Å². The summed E-state index contributed by atoms with van der Waals surface area (Å²) in [6.45, 7) is 6.49. The first-order valence-corrected chi connectivity index (χ1v) is 12.1. The minimum atomic E-state index is -0.0637. The highest BCUT2D eigenvalue weighted by Crippen LogP contribution is 2.29. The van der Waals surface area contributed by atoms with E-state index in [0.29, 0.717) is 0 Å². The smallest absolute Gasteiger partial charge is 0.256 e. The quantitative estimate of drug-likeness (QED) is 0.312. The molecular weight excluding hydrogens is 392 g/mol. The molecule has 0 aliphatic rings. The summed E-state index contributed by atoms with van der Waals surface area (Å²) in [7, 11) is 0. The summed E-state index contributed by atoms with van der Waals surface area (Å²) in [5.41, 5.74) is 5.73. The first-order chi connectivity index (χ1) is 15.7. The Hall–Kier alpha value is -2.94. The minimum Gasteiger partial charge on any atom is -0.320 e. The van der Waals surface area contributed by atoms with Gasteiger partial charge in [-0.05, 0) is 61.4 Å². The van der Waals surface area contributed by atoms with Gasteiger partial charge in [-0.15, -0.1) is 0 Å². The number of carbonyl (C=O) groups is 1. The summed E-state index contributed by atoms with van der Waals surface area (Å²) in [6, 6.07) is 16.0. The third-order valence-corrected chi connectivity index (χ3v) is 5.97. The normalized spacial score (nSPS) is 11.7. The summed E-state index contributed by atoms with van der Waals surface area (Å²) in [4.78, 5) is 18.0. The highest BCUT2D eigenvalue weighted by atomic mass is 16.1. The largest absolute Gasteiger partial charge is 0.320 e. The van der Waals surface area contributed by atoms with Crippen LogP contribution in [0.5, 0.6) is 0 Å². The molecule has 0 bridgehead atoms. The molecular formula is C29H36N2O. The van der Waals surface area contributed by atoms with E-state index < -0.39 is 0 Å². The zero-order valence-electron chi connectivity index (χ0n) is 19.8. The first-order valence-electron chi connectivity index (χ1n) is 12.1. The van der Waals surface area contributed by atoms with Gasteiger partial charge in [-0.2, -0.15) is 0 Å². The lowest BCUT2D eigenvalue weighted by atomic mass is 9.91. The fourth-order valence-corrected chi connectivity index (χ4v) is 4.21. The van der Waals surface area contributed by atoms with E-state index in [1.807, 2.05) is 43.3 Å². The molecule has 32 heavy (non-hydrogen) atoms. The summed E-state index contributed by atoms with van der Waals surface area (Å²) >= 11 is 0. The molecule has 0 atom stereocenters.